The van der Waals surface area contributed by atoms with Gasteiger partial charge in [0.1, 0.15) is 0 Å². The average Bonchev–Trinajstić information content (AvgIpc) is 3.16. The first-order valence-electron chi connectivity index (χ1n) is 8.88. The topological polar surface area (TPSA) is 119 Å². The van der Waals surface area contributed by atoms with Crippen molar-refractivity contribution < 1.29 is 32.3 Å². The fourth-order valence-corrected chi connectivity index (χ4v) is 4.19. The fourth-order valence-electron chi connectivity index (χ4n) is 3.23. The zero-order valence-corrected chi connectivity index (χ0v) is 17.4. The molecule has 1 amide bonds. The lowest BCUT2D eigenvalue weighted by Crippen LogP contribution is -2.27. The summed E-state index contributed by atoms with van der Waals surface area (Å²) in [5.74, 6) is -1.83. The van der Waals surface area contributed by atoms with Crippen molar-refractivity contribution in [2.75, 3.05) is 36.6 Å². The van der Waals surface area contributed by atoms with Crippen LogP contribution >= 0.6 is 0 Å². The molecule has 0 saturated heterocycles. The van der Waals surface area contributed by atoms with E-state index in [9.17, 15) is 22.8 Å². The van der Waals surface area contributed by atoms with Gasteiger partial charge < -0.3 is 14.8 Å². The Morgan fingerprint density at radius 3 is 2.27 bits per heavy atom. The number of hydrogen-bond acceptors (Lipinski definition) is 7. The molecule has 0 unspecified atom stereocenters. The van der Waals surface area contributed by atoms with Gasteiger partial charge in [-0.25, -0.2) is 18.0 Å². The van der Waals surface area contributed by atoms with Crippen molar-refractivity contribution in [3.05, 3.63) is 58.7 Å². The van der Waals surface area contributed by atoms with Gasteiger partial charge in [-0.15, -0.1) is 0 Å². The number of rotatable bonds is 5. The summed E-state index contributed by atoms with van der Waals surface area (Å²) >= 11 is 0. The number of sulfonamides is 1. The van der Waals surface area contributed by atoms with Gasteiger partial charge in [-0.2, -0.15) is 0 Å². The molecule has 9 nitrogen and oxygen atoms in total. The monoisotopic (exact) mass is 432 g/mol. The standard InChI is InChI=1S/C20H20N2O7S/c1-28-19(24)14-4-6-15(20(25)29-2)16(11-14)21-18(23)13-5-7-17-12(10-13)8-9-22(17)30(3,26)27/h4-7,10-11H,8-9H2,1-3H3,(H,21,23). The van der Waals surface area contributed by atoms with Crippen LogP contribution in [-0.2, 0) is 25.9 Å². The molecule has 10 heteroatoms. The highest BCUT2D eigenvalue weighted by molar-refractivity contribution is 7.92. The van der Waals surface area contributed by atoms with Gasteiger partial charge in [0.05, 0.1) is 43.0 Å². The molecule has 0 fully saturated rings. The molecule has 0 bridgehead atoms. The third kappa shape index (κ3) is 4.13. The minimum atomic E-state index is -3.39. The van der Waals surface area contributed by atoms with Gasteiger partial charge in [0.25, 0.3) is 5.91 Å². The number of esters is 2. The first-order chi connectivity index (χ1) is 14.2. The predicted octanol–water partition coefficient (Wildman–Crippen LogP) is 1.83. The van der Waals surface area contributed by atoms with Crippen molar-refractivity contribution in [3.63, 3.8) is 0 Å². The van der Waals surface area contributed by atoms with E-state index in [0.717, 1.165) is 11.8 Å². The van der Waals surface area contributed by atoms with Gasteiger partial charge in [0, 0.05) is 12.1 Å². The average molecular weight is 432 g/mol. The van der Waals surface area contributed by atoms with Gasteiger partial charge in [-0.05, 0) is 48.4 Å². The molecule has 1 aliphatic rings. The second-order valence-corrected chi connectivity index (χ2v) is 8.53. The smallest absolute Gasteiger partial charge is 0.339 e. The van der Waals surface area contributed by atoms with Crippen molar-refractivity contribution >= 4 is 39.2 Å². The van der Waals surface area contributed by atoms with Gasteiger partial charge in [0.2, 0.25) is 10.0 Å². The van der Waals surface area contributed by atoms with E-state index < -0.39 is 27.9 Å². The van der Waals surface area contributed by atoms with E-state index >= 15 is 0 Å². The molecule has 158 valence electrons. The number of carbonyl (C=O) groups is 3. The highest BCUT2D eigenvalue weighted by Crippen LogP contribution is 2.31. The fraction of sp³-hybridized carbons (Fsp3) is 0.250. The Hall–Kier alpha value is -3.40. The minimum Gasteiger partial charge on any atom is -0.465 e. The first kappa shape index (κ1) is 21.3. The van der Waals surface area contributed by atoms with E-state index in [4.69, 9.17) is 4.74 Å². The van der Waals surface area contributed by atoms with E-state index in [1.54, 1.807) is 12.1 Å². The summed E-state index contributed by atoms with van der Waals surface area (Å²) < 4.78 is 34.4. The largest absolute Gasteiger partial charge is 0.465 e. The molecule has 1 heterocycles. The molecular weight excluding hydrogens is 412 g/mol. The Bertz CT molecular complexity index is 1140. The van der Waals surface area contributed by atoms with E-state index in [1.165, 1.54) is 42.8 Å². The molecule has 0 atom stereocenters. The van der Waals surface area contributed by atoms with Gasteiger partial charge >= 0.3 is 11.9 Å². The van der Waals surface area contributed by atoms with Crippen molar-refractivity contribution in [1.29, 1.82) is 0 Å². The molecule has 0 radical (unpaired) electrons. The normalized spacial score (nSPS) is 12.8. The molecule has 30 heavy (non-hydrogen) atoms. The van der Waals surface area contributed by atoms with Crippen LogP contribution in [0, 0.1) is 0 Å². The molecule has 2 aromatic rings. The highest BCUT2D eigenvalue weighted by Gasteiger charge is 2.27. The van der Waals surface area contributed by atoms with Crippen LogP contribution in [0.25, 0.3) is 0 Å². The third-order valence-electron chi connectivity index (χ3n) is 4.69. The summed E-state index contributed by atoms with van der Waals surface area (Å²) in [7, 11) is -0.968. The number of benzene rings is 2. The van der Waals surface area contributed by atoms with Crippen molar-refractivity contribution in [2.24, 2.45) is 0 Å². The molecule has 0 saturated carbocycles. The second kappa shape index (κ2) is 8.15. The lowest BCUT2D eigenvalue weighted by atomic mass is 10.1. The van der Waals surface area contributed by atoms with Crippen LogP contribution in [0.15, 0.2) is 36.4 Å². The van der Waals surface area contributed by atoms with E-state index in [1.807, 2.05) is 0 Å². The van der Waals surface area contributed by atoms with E-state index in [-0.39, 0.29) is 22.4 Å². The number of ether oxygens (including phenoxy) is 2. The Kier molecular flexibility index (Phi) is 5.79. The molecule has 0 spiro atoms. The SMILES string of the molecule is COC(=O)c1ccc(C(=O)OC)c(NC(=O)c2ccc3c(c2)CCN3S(C)(=O)=O)c1. The van der Waals surface area contributed by atoms with Crippen LogP contribution in [0.4, 0.5) is 11.4 Å². The van der Waals surface area contributed by atoms with Crippen molar-refractivity contribution in [1.82, 2.24) is 0 Å². The maximum absolute atomic E-state index is 12.8. The highest BCUT2D eigenvalue weighted by atomic mass is 32.2. The first-order valence-corrected chi connectivity index (χ1v) is 10.7. The molecule has 0 aromatic heterocycles. The third-order valence-corrected chi connectivity index (χ3v) is 5.87. The molecule has 0 aliphatic carbocycles. The molecule has 1 N–H and O–H groups in total. The maximum Gasteiger partial charge on any atom is 0.339 e. The number of nitrogens with zero attached hydrogens (tertiary/aromatic N) is 1. The number of nitrogens with one attached hydrogen (secondary N) is 1. The summed E-state index contributed by atoms with van der Waals surface area (Å²) in [5, 5.41) is 2.61. The molecule has 2 aromatic carbocycles. The molecule has 1 aliphatic heterocycles. The van der Waals surface area contributed by atoms with E-state index in [0.29, 0.717) is 18.7 Å². The lowest BCUT2D eigenvalue weighted by molar-refractivity contribution is 0.0587. The second-order valence-electron chi connectivity index (χ2n) is 6.63. The van der Waals surface area contributed by atoms with Crippen LogP contribution in [0.2, 0.25) is 0 Å². The number of fused-ring (bicyclic) bond motifs is 1. The van der Waals surface area contributed by atoms with Crippen LogP contribution in [0.3, 0.4) is 0 Å². The Morgan fingerprint density at radius 1 is 0.967 bits per heavy atom. The summed E-state index contributed by atoms with van der Waals surface area (Å²) in [5.41, 5.74) is 1.86. The number of amides is 1. The number of anilines is 2. The summed E-state index contributed by atoms with van der Waals surface area (Å²) in [6.07, 6.45) is 1.61. The van der Waals surface area contributed by atoms with Gasteiger partial charge in [-0.1, -0.05) is 0 Å². The number of hydrogen-bond donors (Lipinski definition) is 1. The van der Waals surface area contributed by atoms with Crippen molar-refractivity contribution in [2.45, 2.75) is 6.42 Å². The molecule has 3 rings (SSSR count). The van der Waals surface area contributed by atoms with Crippen LogP contribution < -0.4 is 9.62 Å². The predicted molar refractivity (Wildman–Crippen MR) is 109 cm³/mol. The Morgan fingerprint density at radius 2 is 1.63 bits per heavy atom. The Labute approximate surface area is 173 Å². The minimum absolute atomic E-state index is 0.0721. The van der Waals surface area contributed by atoms with Crippen LogP contribution in [-0.4, -0.2) is 53.3 Å². The number of methoxy groups -OCH3 is 2. The zero-order valence-electron chi connectivity index (χ0n) is 16.6. The van der Waals surface area contributed by atoms with Gasteiger partial charge in [-0.3, -0.25) is 9.10 Å². The summed E-state index contributed by atoms with van der Waals surface area (Å²) in [6.45, 7) is 0.312. The van der Waals surface area contributed by atoms with Crippen LogP contribution in [0.5, 0.6) is 0 Å². The lowest BCUT2D eigenvalue weighted by Gasteiger charge is -2.16. The molecular formula is C20H20N2O7S. The number of carbonyl (C=O) groups excluding carboxylic acids is 3. The van der Waals surface area contributed by atoms with E-state index in [2.05, 4.69) is 10.1 Å². The summed E-state index contributed by atoms with van der Waals surface area (Å²) in [6, 6.07) is 8.76. The van der Waals surface area contributed by atoms with Crippen LogP contribution in [0.1, 0.15) is 36.6 Å². The van der Waals surface area contributed by atoms with Gasteiger partial charge in [0.15, 0.2) is 0 Å². The summed E-state index contributed by atoms with van der Waals surface area (Å²) in [4.78, 5) is 36.6. The quantitative estimate of drug-likeness (QED) is 0.716. The maximum atomic E-state index is 12.8. The zero-order chi connectivity index (χ0) is 22.1. The Balaban J connectivity index is 1.92. The van der Waals surface area contributed by atoms with Crippen molar-refractivity contribution in [3.8, 4) is 0 Å².